The Labute approximate surface area is 170 Å². The molecule has 4 rings (SSSR count). The summed E-state index contributed by atoms with van der Waals surface area (Å²) in [5.74, 6) is 2.60. The lowest BCUT2D eigenvalue weighted by atomic mass is 10.1. The zero-order valence-corrected chi connectivity index (χ0v) is 16.9. The van der Waals surface area contributed by atoms with E-state index in [1.54, 1.807) is 12.4 Å². The second-order valence-electron chi connectivity index (χ2n) is 7.83. The van der Waals surface area contributed by atoms with E-state index in [-0.39, 0.29) is 5.91 Å². The first kappa shape index (κ1) is 19.4. The van der Waals surface area contributed by atoms with Crippen molar-refractivity contribution < 1.29 is 14.3 Å². The van der Waals surface area contributed by atoms with E-state index in [2.05, 4.69) is 51.1 Å². The molecule has 8 heteroatoms. The van der Waals surface area contributed by atoms with Crippen LogP contribution in [0.3, 0.4) is 0 Å². The lowest BCUT2D eigenvalue weighted by molar-refractivity contribution is 0.0948. The molecule has 0 aliphatic carbocycles. The molecule has 29 heavy (non-hydrogen) atoms. The summed E-state index contributed by atoms with van der Waals surface area (Å²) < 4.78 is 10.8. The average molecular weight is 397 g/mol. The normalized spacial score (nSPS) is 16.3. The number of hydrogen-bond donors (Lipinski definition) is 1. The van der Waals surface area contributed by atoms with Gasteiger partial charge in [0.2, 0.25) is 12.7 Å². The zero-order chi connectivity index (χ0) is 20.2. The van der Waals surface area contributed by atoms with E-state index in [4.69, 9.17) is 9.47 Å². The smallest absolute Gasteiger partial charge is 0.254 e. The topological polar surface area (TPSA) is 79.8 Å². The predicted molar refractivity (Wildman–Crippen MR) is 109 cm³/mol. The molecule has 2 aromatic rings. The Hall–Kier alpha value is -2.87. The largest absolute Gasteiger partial charge is 0.454 e. The van der Waals surface area contributed by atoms with Crippen molar-refractivity contribution in [2.75, 3.05) is 44.4 Å². The molecule has 3 heterocycles. The van der Waals surface area contributed by atoms with Crippen molar-refractivity contribution in [1.82, 2.24) is 20.2 Å². The average Bonchev–Trinajstić information content (AvgIpc) is 3.20. The summed E-state index contributed by atoms with van der Waals surface area (Å²) in [6, 6.07) is 6.12. The fourth-order valence-corrected chi connectivity index (χ4v) is 3.40. The first-order valence-corrected chi connectivity index (χ1v) is 10.0. The number of aromatic nitrogens is 2. The monoisotopic (exact) mass is 397 g/mol. The van der Waals surface area contributed by atoms with E-state index < -0.39 is 0 Å². The third kappa shape index (κ3) is 4.76. The molecular weight excluding hydrogens is 370 g/mol. The standard InChI is InChI=1S/C21H27N5O3/c1-15(2)10-22-20(27)17-11-23-21(24-12-17)26-7-5-25(6-8-26)13-16-3-4-18-19(9-16)29-14-28-18/h3-4,9,11-12,15H,5-8,10,13-14H2,1-2H3,(H,22,27). The summed E-state index contributed by atoms with van der Waals surface area (Å²) in [6.45, 7) is 9.50. The van der Waals surface area contributed by atoms with Crippen LogP contribution in [-0.2, 0) is 6.54 Å². The minimum atomic E-state index is -0.126. The molecular formula is C21H27N5O3. The second kappa shape index (κ2) is 8.65. The molecule has 0 bridgehead atoms. The highest BCUT2D eigenvalue weighted by atomic mass is 16.7. The third-order valence-corrected chi connectivity index (χ3v) is 5.07. The van der Waals surface area contributed by atoms with E-state index >= 15 is 0 Å². The minimum absolute atomic E-state index is 0.126. The van der Waals surface area contributed by atoms with Crippen molar-refractivity contribution in [2.24, 2.45) is 5.92 Å². The van der Waals surface area contributed by atoms with E-state index in [0.717, 1.165) is 44.2 Å². The molecule has 0 spiro atoms. The van der Waals surface area contributed by atoms with Crippen LogP contribution in [0.5, 0.6) is 11.5 Å². The molecule has 1 N–H and O–H groups in total. The SMILES string of the molecule is CC(C)CNC(=O)c1cnc(N2CCN(Cc3ccc4c(c3)OCO4)CC2)nc1. The van der Waals surface area contributed by atoms with Crippen LogP contribution >= 0.6 is 0 Å². The molecule has 8 nitrogen and oxygen atoms in total. The lowest BCUT2D eigenvalue weighted by Crippen LogP contribution is -2.46. The van der Waals surface area contributed by atoms with Gasteiger partial charge in [-0.25, -0.2) is 9.97 Å². The van der Waals surface area contributed by atoms with Gasteiger partial charge in [-0.3, -0.25) is 9.69 Å². The van der Waals surface area contributed by atoms with Crippen LogP contribution in [0.25, 0.3) is 0 Å². The number of piperazine rings is 1. The van der Waals surface area contributed by atoms with Gasteiger partial charge in [0.25, 0.3) is 5.91 Å². The van der Waals surface area contributed by atoms with Crippen molar-refractivity contribution >= 4 is 11.9 Å². The van der Waals surface area contributed by atoms with E-state index in [0.29, 0.717) is 30.8 Å². The fraction of sp³-hybridized carbons (Fsp3) is 0.476. The predicted octanol–water partition coefficient (Wildman–Crippen LogP) is 1.91. The number of nitrogens with zero attached hydrogens (tertiary/aromatic N) is 4. The van der Waals surface area contributed by atoms with Crippen LogP contribution in [0.2, 0.25) is 0 Å². The van der Waals surface area contributed by atoms with Gasteiger partial charge in [-0.15, -0.1) is 0 Å². The molecule has 0 saturated carbocycles. The molecule has 1 amide bonds. The minimum Gasteiger partial charge on any atom is -0.454 e. The first-order chi connectivity index (χ1) is 14.1. The van der Waals surface area contributed by atoms with Gasteiger partial charge >= 0.3 is 0 Å². The van der Waals surface area contributed by atoms with Crippen LogP contribution in [0.4, 0.5) is 5.95 Å². The van der Waals surface area contributed by atoms with Gasteiger partial charge in [0.05, 0.1) is 5.56 Å². The van der Waals surface area contributed by atoms with E-state index in [1.165, 1.54) is 5.56 Å². The van der Waals surface area contributed by atoms with Gasteiger partial charge in [-0.05, 0) is 23.6 Å². The van der Waals surface area contributed by atoms with Crippen LogP contribution in [-0.4, -0.2) is 60.3 Å². The highest BCUT2D eigenvalue weighted by molar-refractivity contribution is 5.93. The second-order valence-corrected chi connectivity index (χ2v) is 7.83. The third-order valence-electron chi connectivity index (χ3n) is 5.07. The van der Waals surface area contributed by atoms with Crippen LogP contribution in [0, 0.1) is 5.92 Å². The Morgan fingerprint density at radius 1 is 1.10 bits per heavy atom. The van der Waals surface area contributed by atoms with Crippen molar-refractivity contribution in [3.05, 3.63) is 41.7 Å². The highest BCUT2D eigenvalue weighted by Crippen LogP contribution is 2.32. The number of hydrogen-bond acceptors (Lipinski definition) is 7. The van der Waals surface area contributed by atoms with Gasteiger partial charge < -0.3 is 19.7 Å². The number of fused-ring (bicyclic) bond motifs is 1. The summed E-state index contributed by atoms with van der Waals surface area (Å²) in [5, 5.41) is 2.89. The van der Waals surface area contributed by atoms with Gasteiger partial charge in [-0.1, -0.05) is 19.9 Å². The maximum Gasteiger partial charge on any atom is 0.254 e. The number of carbonyl (C=O) groups is 1. The molecule has 154 valence electrons. The fourth-order valence-electron chi connectivity index (χ4n) is 3.40. The number of nitrogens with one attached hydrogen (secondary N) is 1. The highest BCUT2D eigenvalue weighted by Gasteiger charge is 2.21. The number of anilines is 1. The number of ether oxygens (including phenoxy) is 2. The Bertz CT molecular complexity index is 848. The Morgan fingerprint density at radius 2 is 1.83 bits per heavy atom. The van der Waals surface area contributed by atoms with Crippen molar-refractivity contribution in [3.8, 4) is 11.5 Å². The molecule has 1 fully saturated rings. The Morgan fingerprint density at radius 3 is 2.55 bits per heavy atom. The van der Waals surface area contributed by atoms with Gasteiger partial charge in [0.15, 0.2) is 11.5 Å². The number of amides is 1. The summed E-state index contributed by atoms with van der Waals surface area (Å²) >= 11 is 0. The van der Waals surface area contributed by atoms with Crippen molar-refractivity contribution in [2.45, 2.75) is 20.4 Å². The molecule has 1 aromatic carbocycles. The Balaban J connectivity index is 1.28. The molecule has 0 radical (unpaired) electrons. The molecule has 1 saturated heterocycles. The first-order valence-electron chi connectivity index (χ1n) is 10.0. The number of carbonyl (C=O) groups excluding carboxylic acids is 1. The van der Waals surface area contributed by atoms with E-state index in [1.807, 2.05) is 6.07 Å². The summed E-state index contributed by atoms with van der Waals surface area (Å²) in [6.07, 6.45) is 3.22. The number of rotatable bonds is 6. The van der Waals surface area contributed by atoms with Crippen molar-refractivity contribution in [1.29, 1.82) is 0 Å². The summed E-state index contributed by atoms with van der Waals surface area (Å²) in [5.41, 5.74) is 1.71. The molecule has 2 aliphatic rings. The van der Waals surface area contributed by atoms with Crippen LogP contribution < -0.4 is 19.7 Å². The maximum absolute atomic E-state index is 12.1. The quantitative estimate of drug-likeness (QED) is 0.798. The van der Waals surface area contributed by atoms with Gasteiger partial charge in [0.1, 0.15) is 0 Å². The van der Waals surface area contributed by atoms with Crippen LogP contribution in [0.1, 0.15) is 29.8 Å². The van der Waals surface area contributed by atoms with Crippen molar-refractivity contribution in [3.63, 3.8) is 0 Å². The summed E-state index contributed by atoms with van der Waals surface area (Å²) in [7, 11) is 0. The number of benzene rings is 1. The zero-order valence-electron chi connectivity index (χ0n) is 16.9. The molecule has 2 aliphatic heterocycles. The molecule has 1 aromatic heterocycles. The Kier molecular flexibility index (Phi) is 5.80. The lowest BCUT2D eigenvalue weighted by Gasteiger charge is -2.34. The van der Waals surface area contributed by atoms with Crippen LogP contribution in [0.15, 0.2) is 30.6 Å². The maximum atomic E-state index is 12.1. The van der Waals surface area contributed by atoms with Gasteiger partial charge in [-0.2, -0.15) is 0 Å². The van der Waals surface area contributed by atoms with E-state index in [9.17, 15) is 4.79 Å². The van der Waals surface area contributed by atoms with Gasteiger partial charge in [0, 0.05) is 51.7 Å². The summed E-state index contributed by atoms with van der Waals surface area (Å²) in [4.78, 5) is 25.5. The molecule has 0 unspecified atom stereocenters. The molecule has 0 atom stereocenters.